The van der Waals surface area contributed by atoms with Crippen molar-refractivity contribution >= 4 is 33.6 Å². The normalized spacial score (nSPS) is 12.4. The molecule has 0 aromatic heterocycles. The highest BCUT2D eigenvalue weighted by Crippen LogP contribution is 2.35. The first-order valence-electron chi connectivity index (χ1n) is 7.40. The fraction of sp³-hybridized carbons (Fsp3) is 0.278. The van der Waals surface area contributed by atoms with Crippen molar-refractivity contribution in [1.29, 1.82) is 0 Å². The number of fused-ring (bicyclic) bond motifs is 1. The molecule has 0 bridgehead atoms. The number of benzene rings is 2. The van der Waals surface area contributed by atoms with E-state index in [1.807, 2.05) is 13.0 Å². The smallest absolute Gasteiger partial charge is 0.127 e. The lowest BCUT2D eigenvalue weighted by Crippen LogP contribution is -2.13. The number of nitrogens with two attached hydrogens (primary N) is 1. The Kier molecular flexibility index (Phi) is 5.77. The Balaban J connectivity index is 0.000000168. The van der Waals surface area contributed by atoms with Crippen LogP contribution in [0.2, 0.25) is 0 Å². The second-order valence-corrected chi connectivity index (χ2v) is 6.56. The average molecular weight is 379 g/mol. The topological polar surface area (TPSA) is 46.3 Å². The Hall–Kier alpha value is -1.88. The molecular formula is C18H20BrFN2O. The summed E-state index contributed by atoms with van der Waals surface area (Å²) in [6.07, 6.45) is 1.97. The molecule has 0 saturated heterocycles. The molecule has 0 aliphatic carbocycles. The van der Waals surface area contributed by atoms with E-state index < -0.39 is 0 Å². The number of likely N-dealkylation sites (N-methyl/N-ethyl adjacent to an activating group) is 1. The van der Waals surface area contributed by atoms with Crippen molar-refractivity contribution in [2.45, 2.75) is 19.8 Å². The van der Waals surface area contributed by atoms with Gasteiger partial charge in [0.25, 0.3) is 0 Å². The highest BCUT2D eigenvalue weighted by molar-refractivity contribution is 9.10. The summed E-state index contributed by atoms with van der Waals surface area (Å²) >= 11 is 3.44. The minimum atomic E-state index is -0.294. The molecule has 122 valence electrons. The zero-order valence-corrected chi connectivity index (χ0v) is 14.9. The van der Waals surface area contributed by atoms with Crippen LogP contribution in [0.15, 0.2) is 34.8 Å². The standard InChI is InChI=1S/C9H11BrN2.C9H9FO/c1-12-3-2-6-4-7(10)5-8(11)9(6)12;1-7-2-3-8(4-5-11)9(10)6-7/h4-5H,2-3,11H2,1H3;2-3,5-6H,4H2,1H3. The number of aryl methyl sites for hydroxylation is 1. The van der Waals surface area contributed by atoms with Gasteiger partial charge in [0.05, 0.1) is 11.4 Å². The molecule has 23 heavy (non-hydrogen) atoms. The van der Waals surface area contributed by atoms with Crippen LogP contribution in [-0.4, -0.2) is 19.9 Å². The number of hydrogen-bond donors (Lipinski definition) is 1. The van der Waals surface area contributed by atoms with Crippen molar-refractivity contribution in [2.24, 2.45) is 0 Å². The molecule has 0 saturated carbocycles. The first-order valence-corrected chi connectivity index (χ1v) is 8.19. The minimum absolute atomic E-state index is 0.159. The van der Waals surface area contributed by atoms with E-state index in [0.29, 0.717) is 11.8 Å². The van der Waals surface area contributed by atoms with E-state index in [1.165, 1.54) is 17.3 Å². The lowest BCUT2D eigenvalue weighted by molar-refractivity contribution is -0.107. The molecule has 0 fully saturated rings. The third-order valence-corrected chi connectivity index (χ3v) is 4.25. The maximum absolute atomic E-state index is 12.9. The predicted octanol–water partition coefficient (Wildman–Crippen LogP) is 3.90. The molecule has 3 rings (SSSR count). The Bertz CT molecular complexity index is 718. The summed E-state index contributed by atoms with van der Waals surface area (Å²) in [5.41, 5.74) is 10.7. The van der Waals surface area contributed by atoms with Crippen LogP contribution >= 0.6 is 15.9 Å². The van der Waals surface area contributed by atoms with Gasteiger partial charge < -0.3 is 15.4 Å². The van der Waals surface area contributed by atoms with Gasteiger partial charge in [0.1, 0.15) is 12.1 Å². The van der Waals surface area contributed by atoms with E-state index in [0.717, 1.165) is 28.7 Å². The Labute approximate surface area is 144 Å². The molecule has 1 aliphatic heterocycles. The largest absolute Gasteiger partial charge is 0.397 e. The summed E-state index contributed by atoms with van der Waals surface area (Å²) in [6, 6.07) is 8.97. The molecule has 0 radical (unpaired) electrons. The lowest BCUT2D eigenvalue weighted by atomic mass is 10.1. The van der Waals surface area contributed by atoms with Crippen LogP contribution in [-0.2, 0) is 17.6 Å². The number of aldehydes is 1. The first-order chi connectivity index (χ1) is 10.9. The van der Waals surface area contributed by atoms with Crippen LogP contribution in [0.1, 0.15) is 16.7 Å². The highest BCUT2D eigenvalue weighted by atomic mass is 79.9. The molecule has 2 N–H and O–H groups in total. The SMILES string of the molecule is CN1CCc2cc(Br)cc(N)c21.Cc1ccc(CC=O)c(F)c1. The van der Waals surface area contributed by atoms with Crippen LogP contribution < -0.4 is 10.6 Å². The minimum Gasteiger partial charge on any atom is -0.397 e. The quantitative estimate of drug-likeness (QED) is 0.636. The van der Waals surface area contributed by atoms with E-state index in [1.54, 1.807) is 12.1 Å². The number of nitrogen functional groups attached to an aromatic ring is 1. The molecule has 0 spiro atoms. The molecule has 3 nitrogen and oxygen atoms in total. The van der Waals surface area contributed by atoms with Crippen molar-refractivity contribution in [1.82, 2.24) is 0 Å². The van der Waals surface area contributed by atoms with Crippen LogP contribution in [0.3, 0.4) is 0 Å². The number of hydrogen-bond acceptors (Lipinski definition) is 3. The van der Waals surface area contributed by atoms with Crippen LogP contribution in [0, 0.1) is 12.7 Å². The molecule has 0 atom stereocenters. The zero-order valence-electron chi connectivity index (χ0n) is 13.3. The zero-order chi connectivity index (χ0) is 17.0. The van der Waals surface area contributed by atoms with E-state index in [9.17, 15) is 9.18 Å². The molecule has 1 aliphatic rings. The predicted molar refractivity (Wildman–Crippen MR) is 96.4 cm³/mol. The summed E-state index contributed by atoms with van der Waals surface area (Å²) in [7, 11) is 2.08. The lowest BCUT2D eigenvalue weighted by Gasteiger charge is -2.14. The third kappa shape index (κ3) is 4.32. The van der Waals surface area contributed by atoms with Crippen LogP contribution in [0.25, 0.3) is 0 Å². The first kappa shape index (κ1) is 17.5. The Morgan fingerprint density at radius 3 is 2.74 bits per heavy atom. The highest BCUT2D eigenvalue weighted by Gasteiger charge is 2.18. The maximum atomic E-state index is 12.9. The number of nitrogens with zero attached hydrogens (tertiary/aromatic N) is 1. The van der Waals surface area contributed by atoms with Gasteiger partial charge in [0.15, 0.2) is 0 Å². The number of carbonyl (C=O) groups excluding carboxylic acids is 1. The molecule has 0 amide bonds. The molecule has 2 aromatic carbocycles. The van der Waals surface area contributed by atoms with Gasteiger partial charge >= 0.3 is 0 Å². The second kappa shape index (κ2) is 7.59. The van der Waals surface area contributed by atoms with Gasteiger partial charge in [-0.25, -0.2) is 4.39 Å². The van der Waals surface area contributed by atoms with Gasteiger partial charge in [-0.15, -0.1) is 0 Å². The summed E-state index contributed by atoms with van der Waals surface area (Å²) in [5, 5.41) is 0. The number of anilines is 2. The van der Waals surface area contributed by atoms with Crippen LogP contribution in [0.5, 0.6) is 0 Å². The van der Waals surface area contributed by atoms with Gasteiger partial charge in [-0.2, -0.15) is 0 Å². The summed E-state index contributed by atoms with van der Waals surface area (Å²) in [5.74, 6) is -0.294. The second-order valence-electron chi connectivity index (χ2n) is 5.64. The van der Waals surface area contributed by atoms with Crippen molar-refractivity contribution in [3.8, 4) is 0 Å². The van der Waals surface area contributed by atoms with E-state index in [2.05, 4.69) is 33.9 Å². The van der Waals surface area contributed by atoms with E-state index in [-0.39, 0.29) is 12.2 Å². The van der Waals surface area contributed by atoms with Gasteiger partial charge in [0, 0.05) is 24.5 Å². The number of rotatable bonds is 2. The van der Waals surface area contributed by atoms with Crippen molar-refractivity contribution in [2.75, 3.05) is 24.2 Å². The Morgan fingerprint density at radius 2 is 2.09 bits per heavy atom. The summed E-state index contributed by atoms with van der Waals surface area (Å²) in [6.45, 7) is 2.89. The van der Waals surface area contributed by atoms with Crippen molar-refractivity contribution in [3.63, 3.8) is 0 Å². The number of halogens is 2. The third-order valence-electron chi connectivity index (χ3n) is 3.79. The van der Waals surface area contributed by atoms with Gasteiger partial charge in [-0.3, -0.25) is 0 Å². The summed E-state index contributed by atoms with van der Waals surface area (Å²) < 4.78 is 14.0. The average Bonchev–Trinajstić information content (AvgIpc) is 2.84. The molecule has 2 aromatic rings. The molecule has 1 heterocycles. The summed E-state index contributed by atoms with van der Waals surface area (Å²) in [4.78, 5) is 12.3. The number of carbonyl (C=O) groups is 1. The van der Waals surface area contributed by atoms with Crippen LogP contribution in [0.4, 0.5) is 15.8 Å². The molecule has 5 heteroatoms. The van der Waals surface area contributed by atoms with E-state index in [4.69, 9.17) is 5.73 Å². The van der Waals surface area contributed by atoms with Gasteiger partial charge in [0.2, 0.25) is 0 Å². The van der Waals surface area contributed by atoms with Gasteiger partial charge in [-0.05, 0) is 48.2 Å². The molecule has 0 unspecified atom stereocenters. The van der Waals surface area contributed by atoms with E-state index >= 15 is 0 Å². The Morgan fingerprint density at radius 1 is 1.35 bits per heavy atom. The van der Waals surface area contributed by atoms with Gasteiger partial charge in [-0.1, -0.05) is 28.1 Å². The fourth-order valence-corrected chi connectivity index (χ4v) is 3.17. The molecular weight excluding hydrogens is 359 g/mol. The van der Waals surface area contributed by atoms with Crippen molar-refractivity contribution in [3.05, 3.63) is 57.3 Å². The van der Waals surface area contributed by atoms with Crippen molar-refractivity contribution < 1.29 is 9.18 Å². The fourth-order valence-electron chi connectivity index (χ4n) is 2.64. The maximum Gasteiger partial charge on any atom is 0.127 e. The monoisotopic (exact) mass is 378 g/mol.